The van der Waals surface area contributed by atoms with Gasteiger partial charge in [0.1, 0.15) is 0 Å². The minimum absolute atomic E-state index is 0.105. The van der Waals surface area contributed by atoms with E-state index in [1.807, 2.05) is 4.90 Å². The number of rotatable bonds is 2. The van der Waals surface area contributed by atoms with Crippen molar-refractivity contribution in [2.75, 3.05) is 26.2 Å². The number of carbonyl (C=O) groups is 1. The molecule has 2 amide bonds. The fraction of sp³-hybridized carbons (Fsp3) is 0.545. The number of fused-ring (bicyclic) bond motifs is 1. The lowest BCUT2D eigenvalue weighted by Crippen LogP contribution is -2.51. The van der Waals surface area contributed by atoms with Gasteiger partial charge >= 0.3 is 6.03 Å². The third kappa shape index (κ3) is 2.34. The number of hydrogen-bond acceptors (Lipinski definition) is 3. The van der Waals surface area contributed by atoms with Crippen LogP contribution in [0.3, 0.4) is 0 Å². The van der Waals surface area contributed by atoms with Gasteiger partial charge in [0.25, 0.3) is 0 Å². The number of nitrogens with one attached hydrogen (secondary N) is 1. The molecule has 0 aromatic carbocycles. The second-order valence-corrected chi connectivity index (χ2v) is 7.02. The van der Waals surface area contributed by atoms with E-state index in [0.29, 0.717) is 6.04 Å². The molecule has 0 spiro atoms. The minimum Gasteiger partial charge on any atom is -0.336 e. The lowest BCUT2D eigenvalue weighted by atomic mass is 10.2. The molecular weight excluding hydrogens is 302 g/mol. The van der Waals surface area contributed by atoms with Crippen molar-refractivity contribution in [2.45, 2.75) is 12.6 Å². The van der Waals surface area contributed by atoms with Gasteiger partial charge in [0.2, 0.25) is 0 Å². The van der Waals surface area contributed by atoms with Crippen molar-refractivity contribution in [1.82, 2.24) is 15.1 Å². The topological polar surface area (TPSA) is 35.6 Å². The van der Waals surface area contributed by atoms with Gasteiger partial charge in [-0.05, 0) is 28.1 Å². The number of nitrogens with zero attached hydrogens (tertiary/aromatic N) is 2. The van der Waals surface area contributed by atoms with Crippen LogP contribution in [0.1, 0.15) is 4.88 Å². The van der Waals surface area contributed by atoms with E-state index < -0.39 is 0 Å². The van der Waals surface area contributed by atoms with E-state index >= 15 is 0 Å². The number of urea groups is 1. The maximum Gasteiger partial charge on any atom is 0.317 e. The number of carbonyl (C=O) groups excluding carboxylic acids is 1. The van der Waals surface area contributed by atoms with Gasteiger partial charge in [-0.2, -0.15) is 0 Å². The SMILES string of the molecule is O=C1NCC2CN(Cc3ccc(Br)s3)CCN12. The maximum atomic E-state index is 11.5. The zero-order valence-electron chi connectivity index (χ0n) is 9.36. The van der Waals surface area contributed by atoms with Gasteiger partial charge in [0.15, 0.2) is 0 Å². The molecule has 1 atom stereocenters. The second kappa shape index (κ2) is 4.59. The number of thiophene rings is 1. The summed E-state index contributed by atoms with van der Waals surface area (Å²) in [6, 6.07) is 4.73. The Kier molecular flexibility index (Phi) is 3.10. The first kappa shape index (κ1) is 11.5. The smallest absolute Gasteiger partial charge is 0.317 e. The summed E-state index contributed by atoms with van der Waals surface area (Å²) in [6.45, 7) is 4.59. The Morgan fingerprint density at radius 2 is 2.35 bits per heavy atom. The molecule has 17 heavy (non-hydrogen) atoms. The Balaban J connectivity index is 1.62. The van der Waals surface area contributed by atoms with Crippen LogP contribution in [0.15, 0.2) is 15.9 Å². The maximum absolute atomic E-state index is 11.5. The molecule has 6 heteroatoms. The Labute approximate surface area is 113 Å². The normalized spacial score (nSPS) is 24.9. The van der Waals surface area contributed by atoms with Gasteiger partial charge in [-0.15, -0.1) is 11.3 Å². The lowest BCUT2D eigenvalue weighted by Gasteiger charge is -2.36. The summed E-state index contributed by atoms with van der Waals surface area (Å²) in [6.07, 6.45) is 0. The van der Waals surface area contributed by atoms with Gasteiger partial charge < -0.3 is 10.2 Å². The molecule has 0 bridgehead atoms. The zero-order chi connectivity index (χ0) is 11.8. The van der Waals surface area contributed by atoms with Crippen LogP contribution in [-0.2, 0) is 6.54 Å². The van der Waals surface area contributed by atoms with Crippen molar-refractivity contribution in [1.29, 1.82) is 0 Å². The van der Waals surface area contributed by atoms with Gasteiger partial charge in [-0.25, -0.2) is 4.79 Å². The average molecular weight is 316 g/mol. The molecule has 0 saturated carbocycles. The minimum atomic E-state index is 0.105. The molecule has 0 aliphatic carbocycles. The fourth-order valence-electron chi connectivity index (χ4n) is 2.47. The van der Waals surface area contributed by atoms with Crippen LogP contribution in [0.2, 0.25) is 0 Å². The summed E-state index contributed by atoms with van der Waals surface area (Å²) in [5, 5.41) is 2.91. The van der Waals surface area contributed by atoms with E-state index in [0.717, 1.165) is 32.7 Å². The molecule has 92 valence electrons. The van der Waals surface area contributed by atoms with Crippen molar-refractivity contribution < 1.29 is 4.79 Å². The third-order valence-electron chi connectivity index (χ3n) is 3.32. The van der Waals surface area contributed by atoms with Crippen LogP contribution < -0.4 is 5.32 Å². The molecule has 1 aromatic rings. The summed E-state index contributed by atoms with van der Waals surface area (Å²) in [7, 11) is 0. The highest BCUT2D eigenvalue weighted by Gasteiger charge is 2.35. The molecule has 2 aliphatic rings. The summed E-state index contributed by atoms with van der Waals surface area (Å²) >= 11 is 5.27. The molecule has 1 unspecified atom stereocenters. The number of amides is 2. The van der Waals surface area contributed by atoms with Gasteiger partial charge in [-0.3, -0.25) is 4.90 Å². The Morgan fingerprint density at radius 3 is 3.12 bits per heavy atom. The number of piperazine rings is 1. The van der Waals surface area contributed by atoms with E-state index in [4.69, 9.17) is 0 Å². The second-order valence-electron chi connectivity index (χ2n) is 4.47. The van der Waals surface area contributed by atoms with Crippen LogP contribution in [0.25, 0.3) is 0 Å². The molecule has 2 aliphatic heterocycles. The Morgan fingerprint density at radius 1 is 1.47 bits per heavy atom. The average Bonchev–Trinajstić information content (AvgIpc) is 2.87. The van der Waals surface area contributed by atoms with Crippen LogP contribution in [0.4, 0.5) is 4.79 Å². The molecule has 2 fully saturated rings. The fourth-order valence-corrected chi connectivity index (χ4v) is 3.99. The standard InChI is InChI=1S/C11H14BrN3OS/c12-10-2-1-9(17-10)7-14-3-4-15-8(6-14)5-13-11(15)16/h1-2,8H,3-7H2,(H,13,16). The van der Waals surface area contributed by atoms with Crippen LogP contribution >= 0.6 is 27.3 Å². The first-order valence-electron chi connectivity index (χ1n) is 5.73. The Hall–Kier alpha value is -0.590. The van der Waals surface area contributed by atoms with Crippen molar-refractivity contribution in [2.24, 2.45) is 0 Å². The molecule has 1 N–H and O–H groups in total. The predicted molar refractivity (Wildman–Crippen MR) is 71.2 cm³/mol. The molecule has 4 nitrogen and oxygen atoms in total. The lowest BCUT2D eigenvalue weighted by molar-refractivity contribution is 0.117. The molecule has 1 aromatic heterocycles. The van der Waals surface area contributed by atoms with Gasteiger partial charge in [-0.1, -0.05) is 0 Å². The zero-order valence-corrected chi connectivity index (χ0v) is 11.8. The quantitative estimate of drug-likeness (QED) is 0.902. The highest BCUT2D eigenvalue weighted by Crippen LogP contribution is 2.24. The summed E-state index contributed by atoms with van der Waals surface area (Å²) < 4.78 is 1.18. The van der Waals surface area contributed by atoms with E-state index in [1.54, 1.807) is 11.3 Å². The molecule has 2 saturated heterocycles. The third-order valence-corrected chi connectivity index (χ3v) is 4.93. The first-order valence-corrected chi connectivity index (χ1v) is 7.34. The van der Waals surface area contributed by atoms with E-state index in [-0.39, 0.29) is 6.03 Å². The molecule has 0 radical (unpaired) electrons. The molecule has 3 rings (SSSR count). The van der Waals surface area contributed by atoms with Crippen molar-refractivity contribution in [3.05, 3.63) is 20.8 Å². The first-order chi connectivity index (χ1) is 8.22. The monoisotopic (exact) mass is 315 g/mol. The summed E-state index contributed by atoms with van der Waals surface area (Å²) in [5.41, 5.74) is 0. The van der Waals surface area contributed by atoms with Crippen molar-refractivity contribution in [3.63, 3.8) is 0 Å². The van der Waals surface area contributed by atoms with Crippen LogP contribution in [-0.4, -0.2) is 48.1 Å². The van der Waals surface area contributed by atoms with E-state index in [9.17, 15) is 4.79 Å². The van der Waals surface area contributed by atoms with Crippen molar-refractivity contribution >= 4 is 33.3 Å². The van der Waals surface area contributed by atoms with E-state index in [1.165, 1.54) is 8.66 Å². The predicted octanol–water partition coefficient (Wildman–Crippen LogP) is 1.72. The molecule has 3 heterocycles. The van der Waals surface area contributed by atoms with E-state index in [2.05, 4.69) is 38.3 Å². The van der Waals surface area contributed by atoms with Gasteiger partial charge in [0, 0.05) is 37.6 Å². The highest BCUT2D eigenvalue weighted by atomic mass is 79.9. The Bertz CT molecular complexity index is 436. The largest absolute Gasteiger partial charge is 0.336 e. The number of halogens is 1. The van der Waals surface area contributed by atoms with Crippen LogP contribution in [0.5, 0.6) is 0 Å². The van der Waals surface area contributed by atoms with Crippen molar-refractivity contribution in [3.8, 4) is 0 Å². The summed E-state index contributed by atoms with van der Waals surface area (Å²) in [4.78, 5) is 17.2. The summed E-state index contributed by atoms with van der Waals surface area (Å²) in [5.74, 6) is 0. The molecular formula is C11H14BrN3OS. The van der Waals surface area contributed by atoms with Crippen LogP contribution in [0, 0.1) is 0 Å². The van der Waals surface area contributed by atoms with Gasteiger partial charge in [0.05, 0.1) is 9.83 Å². The number of hydrogen-bond donors (Lipinski definition) is 1. The highest BCUT2D eigenvalue weighted by molar-refractivity contribution is 9.11.